The number of amides is 1. The van der Waals surface area contributed by atoms with Crippen LogP contribution in [0.25, 0.3) is 6.08 Å². The quantitative estimate of drug-likeness (QED) is 0.338. The van der Waals surface area contributed by atoms with Gasteiger partial charge in [-0.25, -0.2) is 4.39 Å². The lowest BCUT2D eigenvalue weighted by Gasteiger charge is -2.26. The Balaban J connectivity index is 1.62. The second-order valence-corrected chi connectivity index (χ2v) is 8.71. The third-order valence-corrected chi connectivity index (χ3v) is 6.08. The summed E-state index contributed by atoms with van der Waals surface area (Å²) in [6.07, 6.45) is -4.60. The number of aryl methyl sites for hydroxylation is 1. The zero-order chi connectivity index (χ0) is 26.6. The normalized spacial score (nSPS) is 14.7. The van der Waals surface area contributed by atoms with Gasteiger partial charge in [0.25, 0.3) is 5.91 Å². The van der Waals surface area contributed by atoms with E-state index in [1.165, 1.54) is 24.3 Å². The van der Waals surface area contributed by atoms with Crippen LogP contribution in [0.1, 0.15) is 45.1 Å². The molecule has 0 spiro atoms. The van der Waals surface area contributed by atoms with Gasteiger partial charge in [0.15, 0.2) is 0 Å². The molecule has 4 rings (SSSR count). The summed E-state index contributed by atoms with van der Waals surface area (Å²) in [4.78, 5) is 13.3. The Labute approximate surface area is 210 Å². The predicted molar refractivity (Wildman–Crippen MR) is 128 cm³/mol. The van der Waals surface area contributed by atoms with Gasteiger partial charge in [-0.3, -0.25) is 4.79 Å². The second-order valence-electron chi connectivity index (χ2n) is 8.71. The standard InChI is InChI=1S/C28H24F5NO3/c29-20-13-11-19(12-14-20)25(35)24(16-17-5-3-8-21(15-17)37-28(32,33)27(30)31)34-26(36)23-10-4-7-18-6-1-2-9-22(18)23/h2-5,7-15,24-25,27,35H,1,6,16H2,(H,34,36). The molecule has 0 saturated heterocycles. The first-order chi connectivity index (χ1) is 17.6. The van der Waals surface area contributed by atoms with Gasteiger partial charge in [-0.2, -0.15) is 17.6 Å². The van der Waals surface area contributed by atoms with Crippen LogP contribution in [0.3, 0.4) is 0 Å². The third kappa shape index (κ3) is 6.35. The van der Waals surface area contributed by atoms with Gasteiger partial charge in [-0.15, -0.1) is 0 Å². The van der Waals surface area contributed by atoms with Crippen LogP contribution < -0.4 is 10.1 Å². The van der Waals surface area contributed by atoms with Crippen molar-refractivity contribution in [1.29, 1.82) is 0 Å². The minimum Gasteiger partial charge on any atom is -0.428 e. The van der Waals surface area contributed by atoms with Crippen molar-refractivity contribution in [1.82, 2.24) is 5.32 Å². The number of carbonyl (C=O) groups is 1. The van der Waals surface area contributed by atoms with Crippen LogP contribution >= 0.6 is 0 Å². The highest BCUT2D eigenvalue weighted by Gasteiger charge is 2.44. The number of fused-ring (bicyclic) bond motifs is 1. The van der Waals surface area contributed by atoms with E-state index < -0.39 is 42.2 Å². The Morgan fingerprint density at radius 2 is 1.78 bits per heavy atom. The van der Waals surface area contributed by atoms with E-state index in [2.05, 4.69) is 10.1 Å². The lowest BCUT2D eigenvalue weighted by atomic mass is 9.92. The van der Waals surface area contributed by atoms with Gasteiger partial charge < -0.3 is 15.2 Å². The van der Waals surface area contributed by atoms with E-state index in [9.17, 15) is 31.9 Å². The Kier molecular flexibility index (Phi) is 7.92. The van der Waals surface area contributed by atoms with E-state index in [1.54, 1.807) is 12.1 Å². The predicted octanol–water partition coefficient (Wildman–Crippen LogP) is 6.10. The van der Waals surface area contributed by atoms with Crippen LogP contribution in [0.15, 0.2) is 72.8 Å². The molecule has 0 radical (unpaired) electrons. The molecule has 1 amide bonds. The van der Waals surface area contributed by atoms with Crippen molar-refractivity contribution in [3.63, 3.8) is 0 Å². The number of aliphatic hydroxyl groups is 1. The molecule has 0 heterocycles. The van der Waals surface area contributed by atoms with Crippen LogP contribution in [0, 0.1) is 5.82 Å². The molecular weight excluding hydrogens is 493 g/mol. The van der Waals surface area contributed by atoms with Crippen LogP contribution in [0.4, 0.5) is 22.0 Å². The molecule has 0 saturated carbocycles. The molecule has 0 aromatic heterocycles. The number of alkyl halides is 4. The summed E-state index contributed by atoms with van der Waals surface area (Å²) in [5.41, 5.74) is 2.84. The Morgan fingerprint density at radius 3 is 2.51 bits per heavy atom. The van der Waals surface area contributed by atoms with Gasteiger partial charge in [0.2, 0.25) is 0 Å². The van der Waals surface area contributed by atoms with Gasteiger partial charge in [-0.05, 0) is 71.8 Å². The summed E-state index contributed by atoms with van der Waals surface area (Å²) in [6.45, 7) is 0. The summed E-state index contributed by atoms with van der Waals surface area (Å²) in [6, 6.07) is 14.6. The summed E-state index contributed by atoms with van der Waals surface area (Å²) in [7, 11) is 0. The van der Waals surface area contributed by atoms with Crippen molar-refractivity contribution >= 4 is 12.0 Å². The van der Waals surface area contributed by atoms with Crippen molar-refractivity contribution < 1.29 is 36.6 Å². The molecule has 1 aliphatic carbocycles. The molecule has 9 heteroatoms. The second kappa shape index (κ2) is 11.1. The van der Waals surface area contributed by atoms with Crippen LogP contribution in [-0.4, -0.2) is 29.6 Å². The Bertz CT molecular complexity index is 1280. The van der Waals surface area contributed by atoms with Crippen molar-refractivity contribution in [2.75, 3.05) is 0 Å². The zero-order valence-corrected chi connectivity index (χ0v) is 19.5. The van der Waals surface area contributed by atoms with Crippen molar-refractivity contribution in [2.24, 2.45) is 0 Å². The first-order valence-electron chi connectivity index (χ1n) is 11.6. The average molecular weight is 517 g/mol. The fourth-order valence-corrected chi connectivity index (χ4v) is 4.24. The zero-order valence-electron chi connectivity index (χ0n) is 19.5. The summed E-state index contributed by atoms with van der Waals surface area (Å²) in [5.74, 6) is -1.47. The molecular formula is C28H24F5NO3. The number of hydrogen-bond acceptors (Lipinski definition) is 3. The number of benzene rings is 3. The van der Waals surface area contributed by atoms with E-state index in [0.717, 1.165) is 48.2 Å². The molecule has 2 unspecified atom stereocenters. The van der Waals surface area contributed by atoms with Crippen molar-refractivity contribution in [3.05, 3.63) is 106 Å². The summed E-state index contributed by atoms with van der Waals surface area (Å²) >= 11 is 0. The van der Waals surface area contributed by atoms with E-state index >= 15 is 0 Å². The van der Waals surface area contributed by atoms with Crippen molar-refractivity contribution in [2.45, 2.75) is 43.9 Å². The molecule has 37 heavy (non-hydrogen) atoms. The maximum Gasteiger partial charge on any atom is 0.461 e. The number of rotatable bonds is 9. The maximum absolute atomic E-state index is 13.4. The van der Waals surface area contributed by atoms with Gasteiger partial charge in [0.05, 0.1) is 12.1 Å². The number of hydrogen-bond donors (Lipinski definition) is 2. The van der Waals surface area contributed by atoms with Gasteiger partial charge in [-0.1, -0.05) is 48.6 Å². The van der Waals surface area contributed by atoms with Gasteiger partial charge in [0, 0.05) is 5.56 Å². The minimum atomic E-state index is -4.68. The molecule has 194 valence electrons. The number of carbonyl (C=O) groups excluding carboxylic acids is 1. The Hall–Kier alpha value is -3.72. The van der Waals surface area contributed by atoms with Crippen LogP contribution in [0.2, 0.25) is 0 Å². The highest BCUT2D eigenvalue weighted by molar-refractivity contribution is 5.98. The van der Waals surface area contributed by atoms with Crippen LogP contribution in [0.5, 0.6) is 5.75 Å². The maximum atomic E-state index is 13.4. The Morgan fingerprint density at radius 1 is 1.05 bits per heavy atom. The molecule has 0 aliphatic heterocycles. The number of allylic oxidation sites excluding steroid dienone is 1. The first kappa shape index (κ1) is 26.3. The summed E-state index contributed by atoms with van der Waals surface area (Å²) < 4.78 is 69.6. The van der Waals surface area contributed by atoms with Gasteiger partial charge in [0.1, 0.15) is 11.6 Å². The lowest BCUT2D eigenvalue weighted by molar-refractivity contribution is -0.253. The molecule has 4 nitrogen and oxygen atoms in total. The lowest BCUT2D eigenvalue weighted by Crippen LogP contribution is -2.41. The number of ether oxygens (including phenoxy) is 1. The third-order valence-electron chi connectivity index (χ3n) is 6.08. The molecule has 0 fully saturated rings. The average Bonchev–Trinajstić information content (AvgIpc) is 2.88. The molecule has 3 aromatic rings. The number of nitrogens with one attached hydrogen (secondary N) is 1. The number of halogens is 5. The SMILES string of the molecule is O=C(NC(Cc1cccc(OC(F)(F)C(F)F)c1)C(O)c1ccc(F)cc1)c1cccc2c1C=CCC2. The van der Waals surface area contributed by atoms with Gasteiger partial charge >= 0.3 is 12.5 Å². The highest BCUT2D eigenvalue weighted by Crippen LogP contribution is 2.29. The molecule has 2 atom stereocenters. The first-order valence-corrected chi connectivity index (χ1v) is 11.6. The van der Waals surface area contributed by atoms with Crippen molar-refractivity contribution in [3.8, 4) is 5.75 Å². The van der Waals surface area contributed by atoms with Crippen LogP contribution in [-0.2, 0) is 12.8 Å². The van der Waals surface area contributed by atoms with E-state index in [0.29, 0.717) is 16.7 Å². The molecule has 0 bridgehead atoms. The highest BCUT2D eigenvalue weighted by atomic mass is 19.3. The van der Waals surface area contributed by atoms with E-state index in [-0.39, 0.29) is 6.42 Å². The topological polar surface area (TPSA) is 58.6 Å². The number of aliphatic hydroxyl groups excluding tert-OH is 1. The smallest absolute Gasteiger partial charge is 0.428 e. The fraction of sp³-hybridized carbons (Fsp3) is 0.250. The monoisotopic (exact) mass is 517 g/mol. The minimum absolute atomic E-state index is 0.0629. The molecule has 1 aliphatic rings. The molecule has 3 aromatic carbocycles. The van der Waals surface area contributed by atoms with E-state index in [4.69, 9.17) is 0 Å². The fourth-order valence-electron chi connectivity index (χ4n) is 4.24. The van der Waals surface area contributed by atoms with E-state index in [1.807, 2.05) is 18.2 Å². The molecule has 2 N–H and O–H groups in total. The summed E-state index contributed by atoms with van der Waals surface area (Å²) in [5, 5.41) is 13.9. The largest absolute Gasteiger partial charge is 0.461 e.